The number of non-ortho nitro benzene ring substituents is 1. The second-order valence-corrected chi connectivity index (χ2v) is 11.8. The van der Waals surface area contributed by atoms with E-state index in [-0.39, 0.29) is 29.0 Å². The molecule has 1 spiro atoms. The van der Waals surface area contributed by atoms with Gasteiger partial charge >= 0.3 is 6.03 Å². The molecule has 3 fully saturated rings. The van der Waals surface area contributed by atoms with Crippen molar-refractivity contribution < 1.29 is 19.3 Å². The quantitative estimate of drug-likeness (QED) is 0.385. The average molecular weight is 489 g/mol. The van der Waals surface area contributed by atoms with Crippen molar-refractivity contribution in [1.82, 2.24) is 5.32 Å². The summed E-state index contributed by atoms with van der Waals surface area (Å²) in [6.45, 7) is 6.57. The zero-order valence-corrected chi connectivity index (χ0v) is 20.5. The summed E-state index contributed by atoms with van der Waals surface area (Å²) < 4.78 is 0. The largest absolute Gasteiger partial charge is 0.363 e. The molecule has 0 radical (unpaired) electrons. The van der Waals surface area contributed by atoms with Crippen LogP contribution in [0.15, 0.2) is 48.5 Å². The molecule has 3 aliphatic heterocycles. The van der Waals surface area contributed by atoms with Crippen LogP contribution >= 0.6 is 0 Å². The van der Waals surface area contributed by atoms with Crippen molar-refractivity contribution in [3.05, 3.63) is 64.2 Å². The van der Waals surface area contributed by atoms with Crippen molar-refractivity contribution in [2.24, 2.45) is 16.2 Å². The van der Waals surface area contributed by atoms with Gasteiger partial charge in [0.05, 0.1) is 16.7 Å². The van der Waals surface area contributed by atoms with E-state index in [1.165, 1.54) is 12.1 Å². The Hall–Kier alpha value is -3.75. The van der Waals surface area contributed by atoms with E-state index >= 15 is 0 Å². The molecule has 1 saturated carbocycles. The monoisotopic (exact) mass is 488 g/mol. The molecule has 2 aromatic rings. The van der Waals surface area contributed by atoms with E-state index in [1.54, 1.807) is 36.4 Å². The van der Waals surface area contributed by atoms with Gasteiger partial charge in [0.25, 0.3) is 11.6 Å². The number of carbonyl (C=O) groups excluding carboxylic acids is 3. The van der Waals surface area contributed by atoms with Crippen LogP contribution in [0, 0.1) is 26.4 Å². The number of nitro groups is 1. The summed E-state index contributed by atoms with van der Waals surface area (Å²) in [5.41, 5.74) is -0.269. The van der Waals surface area contributed by atoms with Crippen molar-refractivity contribution >= 4 is 34.9 Å². The molecule has 0 aromatic heterocycles. The first-order valence-electron chi connectivity index (χ1n) is 12.3. The second kappa shape index (κ2) is 7.15. The minimum Gasteiger partial charge on any atom is -0.363 e. The maximum absolute atomic E-state index is 14.5. The van der Waals surface area contributed by atoms with Gasteiger partial charge in [-0.1, -0.05) is 39.0 Å². The number of nitro benzene ring substituents is 1. The van der Waals surface area contributed by atoms with Crippen LogP contribution in [0.4, 0.5) is 21.9 Å². The van der Waals surface area contributed by atoms with Crippen LogP contribution in [-0.4, -0.2) is 34.9 Å². The zero-order chi connectivity index (χ0) is 25.6. The van der Waals surface area contributed by atoms with Crippen LogP contribution in [-0.2, 0) is 16.0 Å². The number of anilines is 2. The fourth-order valence-electron chi connectivity index (χ4n) is 7.94. The number of amides is 4. The molecule has 4 aliphatic rings. The van der Waals surface area contributed by atoms with Gasteiger partial charge in [0.1, 0.15) is 0 Å². The van der Waals surface area contributed by atoms with Crippen molar-refractivity contribution in [1.29, 1.82) is 0 Å². The van der Waals surface area contributed by atoms with Crippen LogP contribution in [0.2, 0.25) is 0 Å². The first-order valence-corrected chi connectivity index (χ1v) is 12.3. The molecule has 2 saturated heterocycles. The van der Waals surface area contributed by atoms with E-state index in [9.17, 15) is 24.5 Å². The third-order valence-electron chi connectivity index (χ3n) is 8.62. The van der Waals surface area contributed by atoms with Gasteiger partial charge in [0, 0.05) is 30.3 Å². The Balaban J connectivity index is 1.60. The summed E-state index contributed by atoms with van der Waals surface area (Å²) in [6, 6.07) is 12.1. The molecule has 1 N–H and O–H groups in total. The Morgan fingerprint density at radius 3 is 2.44 bits per heavy atom. The number of carbonyl (C=O) groups is 3. The van der Waals surface area contributed by atoms with E-state index in [4.69, 9.17) is 0 Å². The number of hydrogen-bond donors (Lipinski definition) is 1. The Bertz CT molecular complexity index is 1340. The average Bonchev–Trinajstić information content (AvgIpc) is 3.03. The van der Waals surface area contributed by atoms with E-state index in [2.05, 4.69) is 31.0 Å². The Morgan fingerprint density at radius 2 is 1.75 bits per heavy atom. The zero-order valence-electron chi connectivity index (χ0n) is 20.5. The molecular weight excluding hydrogens is 460 g/mol. The third kappa shape index (κ3) is 2.91. The first kappa shape index (κ1) is 22.7. The smallest absolute Gasteiger partial charge is 0.335 e. The molecule has 6 rings (SSSR count). The van der Waals surface area contributed by atoms with E-state index < -0.39 is 34.2 Å². The lowest BCUT2D eigenvalue weighted by Gasteiger charge is -2.53. The number of fused-ring (bicyclic) bond motifs is 8. The minimum atomic E-state index is -1.60. The highest BCUT2D eigenvalue weighted by atomic mass is 16.6. The lowest BCUT2D eigenvalue weighted by molar-refractivity contribution is -0.384. The SMILES string of the molecule is CC1(C)C[C@H]2C[C@@](C)(C1)[C@H]1N2c2ccc([N+](=O)[O-])cc2C[C@@]12C(=O)NC(=O)N(c1ccccc1)C2=O. The maximum Gasteiger partial charge on any atom is 0.335 e. The topological polar surface area (TPSA) is 113 Å². The third-order valence-corrected chi connectivity index (χ3v) is 8.62. The van der Waals surface area contributed by atoms with Gasteiger partial charge in [-0.25, -0.2) is 9.69 Å². The number of barbiturate groups is 1. The van der Waals surface area contributed by atoms with Gasteiger partial charge in [-0.2, -0.15) is 0 Å². The van der Waals surface area contributed by atoms with Crippen molar-refractivity contribution in [2.45, 2.75) is 58.5 Å². The number of nitrogens with zero attached hydrogens (tertiary/aromatic N) is 3. The molecular formula is C27H28N4O5. The fraction of sp³-hybridized carbons (Fsp3) is 0.444. The number of imide groups is 2. The Kier molecular flexibility index (Phi) is 4.51. The predicted molar refractivity (Wildman–Crippen MR) is 132 cm³/mol. The van der Waals surface area contributed by atoms with Gasteiger partial charge in [-0.3, -0.25) is 25.0 Å². The van der Waals surface area contributed by atoms with E-state index in [1.807, 2.05) is 0 Å². The highest BCUT2D eigenvalue weighted by molar-refractivity contribution is 6.30. The number of rotatable bonds is 2. The minimum absolute atomic E-state index is 0.00476. The van der Waals surface area contributed by atoms with Gasteiger partial charge < -0.3 is 4.90 Å². The van der Waals surface area contributed by atoms with Gasteiger partial charge in [0.2, 0.25) is 5.91 Å². The van der Waals surface area contributed by atoms with Crippen LogP contribution in [0.5, 0.6) is 0 Å². The maximum atomic E-state index is 14.5. The van der Waals surface area contributed by atoms with E-state index in [0.717, 1.165) is 29.8 Å². The predicted octanol–water partition coefficient (Wildman–Crippen LogP) is 4.19. The molecule has 1 aliphatic carbocycles. The summed E-state index contributed by atoms with van der Waals surface area (Å²) in [5, 5.41) is 14.1. The highest BCUT2D eigenvalue weighted by Gasteiger charge is 2.71. The van der Waals surface area contributed by atoms with E-state index in [0.29, 0.717) is 11.3 Å². The first-order chi connectivity index (χ1) is 17.0. The number of urea groups is 1. The molecule has 4 atom stereocenters. The van der Waals surface area contributed by atoms with Crippen molar-refractivity contribution in [2.75, 3.05) is 9.80 Å². The molecule has 0 unspecified atom stereocenters. The van der Waals surface area contributed by atoms with Gasteiger partial charge in [-0.15, -0.1) is 0 Å². The second-order valence-electron chi connectivity index (χ2n) is 11.8. The van der Waals surface area contributed by atoms with Crippen LogP contribution < -0.4 is 15.1 Å². The lowest BCUT2D eigenvalue weighted by Crippen LogP contribution is -2.73. The summed E-state index contributed by atoms with van der Waals surface area (Å²) in [5.74, 6) is -1.19. The number of hydrogen-bond acceptors (Lipinski definition) is 6. The lowest BCUT2D eigenvalue weighted by atomic mass is 9.56. The van der Waals surface area contributed by atoms with Crippen LogP contribution in [0.3, 0.4) is 0 Å². The fourth-order valence-corrected chi connectivity index (χ4v) is 7.94. The molecule has 3 heterocycles. The highest BCUT2D eigenvalue weighted by Crippen LogP contribution is 2.64. The normalized spacial score (nSPS) is 32.2. The van der Waals surface area contributed by atoms with Crippen LogP contribution in [0.25, 0.3) is 0 Å². The Labute approximate surface area is 208 Å². The van der Waals surface area contributed by atoms with Gasteiger partial charge in [-0.05, 0) is 53.9 Å². The number of para-hydroxylation sites is 1. The summed E-state index contributed by atoms with van der Waals surface area (Å²) in [7, 11) is 0. The van der Waals surface area contributed by atoms with Crippen LogP contribution in [0.1, 0.15) is 45.6 Å². The van der Waals surface area contributed by atoms with Gasteiger partial charge in [0.15, 0.2) is 5.41 Å². The standard InChI is InChI=1S/C27H28N4O5/c1-25(2)13-19-14-26(3,15-25)21-27(12-16-11-18(31(35)36)9-10-20(16)29(19)21)22(32)28-24(34)30(23(27)33)17-7-5-4-6-8-17/h4-11,19,21H,12-15H2,1-3H3,(H,28,32,34)/t19-,21+,26-,27-/m0/s1. The molecule has 2 aromatic carbocycles. The molecule has 4 amide bonds. The molecule has 2 bridgehead atoms. The molecule has 36 heavy (non-hydrogen) atoms. The molecule has 186 valence electrons. The molecule has 9 nitrogen and oxygen atoms in total. The van der Waals surface area contributed by atoms with Crippen molar-refractivity contribution in [3.63, 3.8) is 0 Å². The number of benzene rings is 2. The summed E-state index contributed by atoms with van der Waals surface area (Å²) >= 11 is 0. The Morgan fingerprint density at radius 1 is 1.03 bits per heavy atom. The summed E-state index contributed by atoms with van der Waals surface area (Å²) in [6.07, 6.45) is 2.50. The number of nitrogens with one attached hydrogen (secondary N) is 1. The summed E-state index contributed by atoms with van der Waals surface area (Å²) in [4.78, 5) is 55.8. The van der Waals surface area contributed by atoms with Crippen molar-refractivity contribution in [3.8, 4) is 0 Å². The molecule has 9 heteroatoms.